The molecule has 6 nitrogen and oxygen atoms in total. The zero-order chi connectivity index (χ0) is 17.4. The van der Waals surface area contributed by atoms with Crippen molar-refractivity contribution in [1.82, 2.24) is 10.2 Å². The van der Waals surface area contributed by atoms with Crippen LogP contribution in [0.15, 0.2) is 48.7 Å². The summed E-state index contributed by atoms with van der Waals surface area (Å²) in [6, 6.07) is 12.5. The Hall–Kier alpha value is -3.15. The molecule has 0 saturated heterocycles. The average Bonchev–Trinajstić information content (AvgIpc) is 3.16. The topological polar surface area (TPSA) is 86.9 Å². The number of nitrogens with one attached hydrogen (secondary N) is 3. The fraction of sp³-hybridized carbons (Fsp3) is 0.211. The van der Waals surface area contributed by atoms with E-state index in [-0.39, 0.29) is 17.7 Å². The number of carbonyl (C=O) groups excluding carboxylic acids is 2. The zero-order valence-corrected chi connectivity index (χ0v) is 13.7. The Morgan fingerprint density at radius 2 is 1.80 bits per heavy atom. The Labute approximate surface area is 144 Å². The van der Waals surface area contributed by atoms with Crippen molar-refractivity contribution in [2.45, 2.75) is 13.3 Å². The van der Waals surface area contributed by atoms with Gasteiger partial charge in [0.05, 0.1) is 11.7 Å². The molecule has 1 saturated carbocycles. The monoisotopic (exact) mass is 334 g/mol. The van der Waals surface area contributed by atoms with Crippen LogP contribution in [0, 0.1) is 11.8 Å². The first-order valence-corrected chi connectivity index (χ1v) is 8.25. The van der Waals surface area contributed by atoms with Crippen molar-refractivity contribution in [3.8, 4) is 0 Å². The number of hydrogen-bond donors (Lipinski definition) is 3. The van der Waals surface area contributed by atoms with Crippen LogP contribution in [-0.2, 0) is 4.79 Å². The van der Waals surface area contributed by atoms with Gasteiger partial charge >= 0.3 is 0 Å². The second kappa shape index (κ2) is 6.05. The first kappa shape index (κ1) is 15.4. The van der Waals surface area contributed by atoms with Crippen LogP contribution in [0.1, 0.15) is 23.7 Å². The SMILES string of the molecule is C[C@H]1C[C@@H]1C(=O)Nc1ccc(C(=O)Nc2ccc3cn[nH]c3c2)cc1. The Morgan fingerprint density at radius 1 is 1.08 bits per heavy atom. The number of hydrogen-bond acceptors (Lipinski definition) is 3. The third-order valence-corrected chi connectivity index (χ3v) is 4.56. The fourth-order valence-electron chi connectivity index (χ4n) is 2.85. The molecule has 2 amide bonds. The molecule has 1 aromatic heterocycles. The first-order chi connectivity index (χ1) is 12.1. The van der Waals surface area contributed by atoms with Crippen molar-refractivity contribution in [2.75, 3.05) is 10.6 Å². The van der Waals surface area contributed by atoms with Gasteiger partial charge in [-0.15, -0.1) is 0 Å². The van der Waals surface area contributed by atoms with Crippen molar-refractivity contribution in [2.24, 2.45) is 11.8 Å². The van der Waals surface area contributed by atoms with Gasteiger partial charge in [-0.3, -0.25) is 14.7 Å². The summed E-state index contributed by atoms with van der Waals surface area (Å²) >= 11 is 0. The normalized spacial score (nSPS) is 18.8. The van der Waals surface area contributed by atoms with Gasteiger partial charge < -0.3 is 10.6 Å². The van der Waals surface area contributed by atoms with Gasteiger partial charge in [0.15, 0.2) is 0 Å². The lowest BCUT2D eigenvalue weighted by Gasteiger charge is -2.07. The summed E-state index contributed by atoms with van der Waals surface area (Å²) in [6.07, 6.45) is 2.68. The van der Waals surface area contributed by atoms with Gasteiger partial charge in [0.1, 0.15) is 0 Å². The van der Waals surface area contributed by atoms with E-state index >= 15 is 0 Å². The molecule has 2 atom stereocenters. The number of amides is 2. The lowest BCUT2D eigenvalue weighted by molar-refractivity contribution is -0.117. The van der Waals surface area contributed by atoms with Crippen molar-refractivity contribution in [3.63, 3.8) is 0 Å². The van der Waals surface area contributed by atoms with Gasteiger partial charge in [0.25, 0.3) is 5.91 Å². The molecule has 3 aromatic rings. The Kier molecular flexibility index (Phi) is 3.72. The lowest BCUT2D eigenvalue weighted by atomic mass is 10.1. The maximum absolute atomic E-state index is 12.4. The molecule has 0 unspecified atom stereocenters. The van der Waals surface area contributed by atoms with E-state index in [1.165, 1.54) is 0 Å². The standard InChI is InChI=1S/C19H18N4O2/c1-11-8-16(11)19(25)21-14-5-2-12(3-6-14)18(24)22-15-7-4-13-10-20-23-17(13)9-15/h2-7,9-11,16H,8H2,1H3,(H,20,23)(H,21,25)(H,22,24)/t11-,16-/m0/s1. The highest BCUT2D eigenvalue weighted by Gasteiger charge is 2.39. The molecule has 6 heteroatoms. The number of benzene rings is 2. The van der Waals surface area contributed by atoms with E-state index in [2.05, 4.69) is 27.8 Å². The predicted molar refractivity (Wildman–Crippen MR) is 96.4 cm³/mol. The smallest absolute Gasteiger partial charge is 0.255 e. The largest absolute Gasteiger partial charge is 0.326 e. The van der Waals surface area contributed by atoms with Gasteiger partial charge in [0, 0.05) is 28.2 Å². The lowest BCUT2D eigenvalue weighted by Crippen LogP contribution is -2.15. The highest BCUT2D eigenvalue weighted by molar-refractivity contribution is 6.05. The third kappa shape index (κ3) is 3.24. The van der Waals surface area contributed by atoms with Gasteiger partial charge in [0.2, 0.25) is 5.91 Å². The van der Waals surface area contributed by atoms with E-state index in [1.54, 1.807) is 30.5 Å². The number of aromatic nitrogens is 2. The van der Waals surface area contributed by atoms with E-state index in [0.29, 0.717) is 22.9 Å². The van der Waals surface area contributed by atoms with Crippen LogP contribution in [0.4, 0.5) is 11.4 Å². The summed E-state index contributed by atoms with van der Waals surface area (Å²) in [5.74, 6) is 0.447. The Balaban J connectivity index is 1.42. The fourth-order valence-corrected chi connectivity index (χ4v) is 2.85. The number of anilines is 2. The molecule has 1 fully saturated rings. The average molecular weight is 334 g/mol. The molecular formula is C19H18N4O2. The summed E-state index contributed by atoms with van der Waals surface area (Å²) in [5, 5.41) is 13.6. The molecular weight excluding hydrogens is 316 g/mol. The van der Waals surface area contributed by atoms with Crippen molar-refractivity contribution >= 4 is 34.1 Å². The molecule has 0 aliphatic heterocycles. The molecule has 126 valence electrons. The number of nitrogens with zero attached hydrogens (tertiary/aromatic N) is 1. The molecule has 25 heavy (non-hydrogen) atoms. The quantitative estimate of drug-likeness (QED) is 0.683. The molecule has 0 spiro atoms. The van der Waals surface area contributed by atoms with Crippen molar-refractivity contribution < 1.29 is 9.59 Å². The van der Waals surface area contributed by atoms with Gasteiger partial charge in [-0.05, 0) is 54.8 Å². The third-order valence-electron chi connectivity index (χ3n) is 4.56. The maximum atomic E-state index is 12.4. The highest BCUT2D eigenvalue weighted by atomic mass is 16.2. The molecule has 3 N–H and O–H groups in total. The van der Waals surface area contributed by atoms with Crippen LogP contribution < -0.4 is 10.6 Å². The van der Waals surface area contributed by atoms with Crippen LogP contribution in [0.2, 0.25) is 0 Å². The van der Waals surface area contributed by atoms with E-state index in [9.17, 15) is 9.59 Å². The second-order valence-corrected chi connectivity index (χ2v) is 6.51. The molecule has 4 rings (SSSR count). The molecule has 0 radical (unpaired) electrons. The van der Waals surface area contributed by atoms with Crippen molar-refractivity contribution in [1.29, 1.82) is 0 Å². The first-order valence-electron chi connectivity index (χ1n) is 8.25. The van der Waals surface area contributed by atoms with Gasteiger partial charge in [-0.25, -0.2) is 0 Å². The van der Waals surface area contributed by atoms with Crippen LogP contribution in [-0.4, -0.2) is 22.0 Å². The minimum absolute atomic E-state index is 0.0533. The van der Waals surface area contributed by atoms with E-state index < -0.39 is 0 Å². The van der Waals surface area contributed by atoms with Crippen LogP contribution in [0.5, 0.6) is 0 Å². The number of fused-ring (bicyclic) bond motifs is 1. The highest BCUT2D eigenvalue weighted by Crippen LogP contribution is 2.38. The summed E-state index contributed by atoms with van der Waals surface area (Å²) in [7, 11) is 0. The number of carbonyl (C=O) groups is 2. The van der Waals surface area contributed by atoms with Crippen LogP contribution in [0.3, 0.4) is 0 Å². The Morgan fingerprint density at radius 3 is 2.52 bits per heavy atom. The molecule has 1 heterocycles. The second-order valence-electron chi connectivity index (χ2n) is 6.51. The number of aromatic amines is 1. The van der Waals surface area contributed by atoms with Crippen molar-refractivity contribution in [3.05, 3.63) is 54.2 Å². The molecule has 1 aliphatic carbocycles. The van der Waals surface area contributed by atoms with E-state index in [0.717, 1.165) is 17.3 Å². The molecule has 1 aliphatic rings. The van der Waals surface area contributed by atoms with E-state index in [1.807, 2.05) is 18.2 Å². The Bertz CT molecular complexity index is 945. The minimum Gasteiger partial charge on any atom is -0.326 e. The van der Waals surface area contributed by atoms with Crippen LogP contribution >= 0.6 is 0 Å². The summed E-state index contributed by atoms with van der Waals surface area (Å²) < 4.78 is 0. The number of H-pyrrole nitrogens is 1. The number of rotatable bonds is 4. The summed E-state index contributed by atoms with van der Waals surface area (Å²) in [5.41, 5.74) is 2.80. The maximum Gasteiger partial charge on any atom is 0.255 e. The van der Waals surface area contributed by atoms with Gasteiger partial charge in [-0.2, -0.15) is 5.10 Å². The summed E-state index contributed by atoms with van der Waals surface area (Å²) in [6.45, 7) is 2.07. The molecule has 0 bridgehead atoms. The zero-order valence-electron chi connectivity index (χ0n) is 13.7. The minimum atomic E-state index is -0.201. The summed E-state index contributed by atoms with van der Waals surface area (Å²) in [4.78, 5) is 24.3. The van der Waals surface area contributed by atoms with Gasteiger partial charge in [-0.1, -0.05) is 6.92 Å². The van der Waals surface area contributed by atoms with E-state index in [4.69, 9.17) is 0 Å². The predicted octanol–water partition coefficient (Wildman–Crippen LogP) is 3.41. The van der Waals surface area contributed by atoms with Crippen LogP contribution in [0.25, 0.3) is 10.9 Å². The molecule has 2 aromatic carbocycles.